The molecule has 2 N–H and O–H groups in total. The van der Waals surface area contributed by atoms with Crippen LogP contribution in [0.4, 0.5) is 19.0 Å². The number of nitrogens with zero attached hydrogens (tertiary/aromatic N) is 4. The summed E-state index contributed by atoms with van der Waals surface area (Å²) in [5, 5.41) is 9.97. The van der Waals surface area contributed by atoms with E-state index in [9.17, 15) is 18.0 Å². The van der Waals surface area contributed by atoms with Gasteiger partial charge in [0.25, 0.3) is 5.91 Å². The highest BCUT2D eigenvalue weighted by Crippen LogP contribution is 2.29. The first-order valence-electron chi connectivity index (χ1n) is 8.79. The predicted octanol–water partition coefficient (Wildman–Crippen LogP) is 3.14. The third-order valence-electron chi connectivity index (χ3n) is 4.05. The monoisotopic (exact) mass is 404 g/mol. The van der Waals surface area contributed by atoms with Crippen LogP contribution >= 0.6 is 0 Å². The number of nitrogens with one attached hydrogen (secondary N) is 2. The molecular weight excluding hydrogens is 385 g/mol. The Bertz CT molecular complexity index is 1020. The average molecular weight is 404 g/mol. The van der Waals surface area contributed by atoms with Crippen LogP contribution in [0.2, 0.25) is 0 Å². The minimum atomic E-state index is -4.49. The highest BCUT2D eigenvalue weighted by atomic mass is 19.4. The maximum atomic E-state index is 12.7. The second kappa shape index (κ2) is 8.29. The van der Waals surface area contributed by atoms with Gasteiger partial charge in [-0.3, -0.25) is 4.79 Å². The summed E-state index contributed by atoms with van der Waals surface area (Å²) in [7, 11) is 0. The summed E-state index contributed by atoms with van der Waals surface area (Å²) in [6.07, 6.45) is -3.09. The topological polar surface area (TPSA) is 84.7 Å². The molecule has 7 nitrogen and oxygen atoms in total. The van der Waals surface area contributed by atoms with E-state index in [1.807, 2.05) is 19.9 Å². The summed E-state index contributed by atoms with van der Waals surface area (Å²) in [6, 6.07) is 7.94. The molecule has 3 rings (SSSR count). The van der Waals surface area contributed by atoms with Crippen LogP contribution < -0.4 is 10.6 Å². The van der Waals surface area contributed by atoms with Gasteiger partial charge in [-0.1, -0.05) is 6.07 Å². The van der Waals surface area contributed by atoms with E-state index in [0.29, 0.717) is 18.2 Å². The van der Waals surface area contributed by atoms with Crippen molar-refractivity contribution >= 4 is 11.7 Å². The quantitative estimate of drug-likeness (QED) is 0.617. The summed E-state index contributed by atoms with van der Waals surface area (Å²) < 4.78 is 39.9. The van der Waals surface area contributed by atoms with Crippen molar-refractivity contribution in [2.24, 2.45) is 0 Å². The molecule has 0 radical (unpaired) electrons. The standard InChI is InChI=1S/C19H19F3N6O/c1-12-8-13(2)28(27-12)17-10-16(25-11-26-17)23-6-7-24-18(29)14-4-3-5-15(9-14)19(20,21)22/h3-5,8-11H,6-7H2,1-2H3,(H,24,29)(H,23,25,26). The number of benzene rings is 1. The Morgan fingerprint density at radius 1 is 1.10 bits per heavy atom. The number of aryl methyl sites for hydroxylation is 2. The normalized spacial score (nSPS) is 11.3. The number of halogens is 3. The second-order valence-electron chi connectivity index (χ2n) is 6.36. The molecule has 0 atom stereocenters. The Morgan fingerprint density at radius 3 is 2.59 bits per heavy atom. The van der Waals surface area contributed by atoms with Gasteiger partial charge in [-0.25, -0.2) is 14.6 Å². The lowest BCUT2D eigenvalue weighted by Crippen LogP contribution is -2.29. The molecule has 0 saturated carbocycles. The number of aromatic nitrogens is 4. The molecule has 10 heteroatoms. The average Bonchev–Trinajstić information content (AvgIpc) is 3.03. The lowest BCUT2D eigenvalue weighted by molar-refractivity contribution is -0.137. The molecule has 3 aromatic rings. The molecule has 2 aromatic heterocycles. The molecule has 0 spiro atoms. The first kappa shape index (κ1) is 20.3. The number of carbonyl (C=O) groups is 1. The summed E-state index contributed by atoms with van der Waals surface area (Å²) in [6.45, 7) is 4.34. The highest BCUT2D eigenvalue weighted by Gasteiger charge is 2.30. The Hall–Kier alpha value is -3.43. The Morgan fingerprint density at radius 2 is 1.90 bits per heavy atom. The number of alkyl halides is 3. The zero-order valence-corrected chi connectivity index (χ0v) is 15.8. The van der Waals surface area contributed by atoms with Crippen molar-refractivity contribution in [3.63, 3.8) is 0 Å². The molecule has 0 aliphatic rings. The Labute approximate surface area is 165 Å². The summed E-state index contributed by atoms with van der Waals surface area (Å²) >= 11 is 0. The van der Waals surface area contributed by atoms with Crippen molar-refractivity contribution in [2.45, 2.75) is 20.0 Å². The van der Waals surface area contributed by atoms with Crippen molar-refractivity contribution in [1.29, 1.82) is 0 Å². The van der Waals surface area contributed by atoms with Gasteiger partial charge in [-0.15, -0.1) is 0 Å². The van der Waals surface area contributed by atoms with Crippen LogP contribution in [0.1, 0.15) is 27.3 Å². The van der Waals surface area contributed by atoms with E-state index in [0.717, 1.165) is 23.5 Å². The maximum Gasteiger partial charge on any atom is 0.416 e. The van der Waals surface area contributed by atoms with Crippen molar-refractivity contribution in [1.82, 2.24) is 25.1 Å². The molecule has 1 aromatic carbocycles. The summed E-state index contributed by atoms with van der Waals surface area (Å²) in [5.41, 5.74) is 0.892. The van der Waals surface area contributed by atoms with Crippen LogP contribution in [0.3, 0.4) is 0 Å². The molecule has 0 aliphatic heterocycles. The van der Waals surface area contributed by atoms with E-state index in [1.54, 1.807) is 10.7 Å². The molecule has 0 aliphatic carbocycles. The predicted molar refractivity (Wildman–Crippen MR) is 101 cm³/mol. The molecule has 0 unspecified atom stereocenters. The lowest BCUT2D eigenvalue weighted by atomic mass is 10.1. The fourth-order valence-electron chi connectivity index (χ4n) is 2.73. The summed E-state index contributed by atoms with van der Waals surface area (Å²) in [4.78, 5) is 20.4. The van der Waals surface area contributed by atoms with Crippen LogP contribution in [0.5, 0.6) is 0 Å². The first-order valence-corrected chi connectivity index (χ1v) is 8.79. The third-order valence-corrected chi connectivity index (χ3v) is 4.05. The van der Waals surface area contributed by atoms with Gasteiger partial charge in [-0.05, 0) is 38.1 Å². The fourth-order valence-corrected chi connectivity index (χ4v) is 2.73. The second-order valence-corrected chi connectivity index (χ2v) is 6.36. The number of carbonyl (C=O) groups excluding carboxylic acids is 1. The lowest BCUT2D eigenvalue weighted by Gasteiger charge is -2.10. The maximum absolute atomic E-state index is 12.7. The Kier molecular flexibility index (Phi) is 5.81. The largest absolute Gasteiger partial charge is 0.416 e. The van der Waals surface area contributed by atoms with Crippen LogP contribution in [0.15, 0.2) is 42.7 Å². The van der Waals surface area contributed by atoms with Crippen molar-refractivity contribution < 1.29 is 18.0 Å². The molecule has 0 saturated heterocycles. The van der Waals surface area contributed by atoms with Crippen molar-refractivity contribution in [3.05, 3.63) is 65.2 Å². The minimum Gasteiger partial charge on any atom is -0.368 e. The molecule has 1 amide bonds. The van der Waals surface area contributed by atoms with Gasteiger partial charge < -0.3 is 10.6 Å². The van der Waals surface area contributed by atoms with Gasteiger partial charge in [0.1, 0.15) is 12.1 Å². The van der Waals surface area contributed by atoms with Gasteiger partial charge in [0.05, 0.1) is 11.3 Å². The molecule has 2 heterocycles. The minimum absolute atomic E-state index is 0.0475. The zero-order chi connectivity index (χ0) is 21.0. The van der Waals surface area contributed by atoms with Crippen molar-refractivity contribution in [3.8, 4) is 5.82 Å². The van der Waals surface area contributed by atoms with E-state index < -0.39 is 17.6 Å². The van der Waals surface area contributed by atoms with E-state index in [4.69, 9.17) is 0 Å². The number of hydrogen-bond donors (Lipinski definition) is 2. The number of hydrogen-bond acceptors (Lipinski definition) is 5. The SMILES string of the molecule is Cc1cc(C)n(-c2cc(NCCNC(=O)c3cccc(C(F)(F)F)c3)ncn2)n1. The molecule has 29 heavy (non-hydrogen) atoms. The molecule has 152 valence electrons. The zero-order valence-electron chi connectivity index (χ0n) is 15.8. The van der Waals surface area contributed by atoms with Crippen LogP contribution in [0, 0.1) is 13.8 Å². The highest BCUT2D eigenvalue weighted by molar-refractivity contribution is 5.94. The van der Waals surface area contributed by atoms with Crippen molar-refractivity contribution in [2.75, 3.05) is 18.4 Å². The van der Waals surface area contributed by atoms with Gasteiger partial charge in [-0.2, -0.15) is 18.3 Å². The van der Waals surface area contributed by atoms with Gasteiger partial charge in [0.2, 0.25) is 0 Å². The van der Waals surface area contributed by atoms with Crippen LogP contribution in [-0.2, 0) is 6.18 Å². The fraction of sp³-hybridized carbons (Fsp3) is 0.263. The third kappa shape index (κ3) is 5.09. The summed E-state index contributed by atoms with van der Waals surface area (Å²) in [5.74, 6) is 0.556. The van der Waals surface area contributed by atoms with E-state index in [-0.39, 0.29) is 12.1 Å². The van der Waals surface area contributed by atoms with Crippen LogP contribution in [0.25, 0.3) is 5.82 Å². The molecule has 0 fully saturated rings. The molecule has 0 bridgehead atoms. The number of anilines is 1. The van der Waals surface area contributed by atoms with E-state index in [1.165, 1.54) is 18.5 Å². The van der Waals surface area contributed by atoms with E-state index in [2.05, 4.69) is 25.7 Å². The van der Waals surface area contributed by atoms with Crippen LogP contribution in [-0.4, -0.2) is 38.7 Å². The number of amides is 1. The van der Waals surface area contributed by atoms with Gasteiger partial charge in [0.15, 0.2) is 5.82 Å². The van der Waals surface area contributed by atoms with Gasteiger partial charge in [0, 0.05) is 30.4 Å². The van der Waals surface area contributed by atoms with Gasteiger partial charge >= 0.3 is 6.18 Å². The first-order chi connectivity index (χ1) is 13.7. The number of rotatable bonds is 6. The smallest absolute Gasteiger partial charge is 0.368 e. The molecular formula is C19H19F3N6O. The van der Waals surface area contributed by atoms with E-state index >= 15 is 0 Å². The Balaban J connectivity index is 1.55.